The first-order valence-electron chi connectivity index (χ1n) is 7.28. The van der Waals surface area contributed by atoms with Gasteiger partial charge >= 0.3 is 5.97 Å². The third-order valence-electron chi connectivity index (χ3n) is 3.73. The summed E-state index contributed by atoms with van der Waals surface area (Å²) in [7, 11) is -3.10. The van der Waals surface area contributed by atoms with Gasteiger partial charge in [0, 0.05) is 13.1 Å². The second-order valence-electron chi connectivity index (χ2n) is 6.32. The Morgan fingerprint density at radius 1 is 1.35 bits per heavy atom. The molecule has 1 atom stereocenters. The minimum absolute atomic E-state index is 0.110. The molecule has 0 saturated carbocycles. The van der Waals surface area contributed by atoms with Crippen molar-refractivity contribution in [3.63, 3.8) is 0 Å². The summed E-state index contributed by atoms with van der Waals surface area (Å²) in [5, 5.41) is 0. The van der Waals surface area contributed by atoms with Crippen LogP contribution in [0.15, 0.2) is 0 Å². The molecule has 20 heavy (non-hydrogen) atoms. The highest BCUT2D eigenvalue weighted by Crippen LogP contribution is 2.20. The lowest BCUT2D eigenvalue weighted by Gasteiger charge is -2.32. The minimum atomic E-state index is -3.10. The molecule has 1 heterocycles. The van der Waals surface area contributed by atoms with Crippen LogP contribution in [0, 0.1) is 5.92 Å². The molecule has 0 radical (unpaired) electrons. The van der Waals surface area contributed by atoms with E-state index in [1.165, 1.54) is 0 Å². The number of hydrogen-bond acceptors (Lipinski definition) is 5. The van der Waals surface area contributed by atoms with E-state index < -0.39 is 14.6 Å². The second-order valence-corrected chi connectivity index (χ2v) is 9.19. The fourth-order valence-corrected chi connectivity index (χ4v) is 3.38. The Balaban J connectivity index is 2.51. The molecule has 1 saturated heterocycles. The van der Waals surface area contributed by atoms with Gasteiger partial charge in [0.2, 0.25) is 0 Å². The van der Waals surface area contributed by atoms with Crippen LogP contribution in [0.5, 0.6) is 0 Å². The first-order valence-corrected chi connectivity index (χ1v) is 8.94. The highest BCUT2D eigenvalue weighted by molar-refractivity contribution is 7.92. The lowest BCUT2D eigenvalue weighted by atomic mass is 9.98. The maximum atomic E-state index is 12.1. The molecule has 0 amide bonds. The fourth-order valence-electron chi connectivity index (χ4n) is 2.27. The monoisotopic (exact) mass is 305 g/mol. The summed E-state index contributed by atoms with van der Waals surface area (Å²) in [6, 6.07) is 0. The zero-order valence-corrected chi connectivity index (χ0v) is 13.8. The van der Waals surface area contributed by atoms with Crippen LogP contribution in [-0.4, -0.2) is 56.0 Å². The van der Waals surface area contributed by atoms with Crippen LogP contribution < -0.4 is 0 Å². The van der Waals surface area contributed by atoms with E-state index in [0.717, 1.165) is 19.4 Å². The number of nitrogens with zero attached hydrogens (tertiary/aromatic N) is 1. The molecule has 118 valence electrons. The van der Waals surface area contributed by atoms with Crippen LogP contribution in [0.1, 0.15) is 40.5 Å². The molecule has 1 aliphatic heterocycles. The average molecular weight is 305 g/mol. The number of carbonyl (C=O) groups excluding carboxylic acids is 1. The van der Waals surface area contributed by atoms with Crippen LogP contribution in [-0.2, 0) is 19.4 Å². The van der Waals surface area contributed by atoms with Crippen LogP contribution in [0.4, 0.5) is 0 Å². The van der Waals surface area contributed by atoms with E-state index in [2.05, 4.69) is 4.90 Å². The van der Waals surface area contributed by atoms with Crippen molar-refractivity contribution in [2.45, 2.75) is 45.3 Å². The molecule has 0 aromatic carbocycles. The molecule has 6 heteroatoms. The van der Waals surface area contributed by atoms with E-state index in [9.17, 15) is 13.2 Å². The molecule has 1 fully saturated rings. The first kappa shape index (κ1) is 17.4. The summed E-state index contributed by atoms with van der Waals surface area (Å²) in [4.78, 5) is 13.8. The molecule has 0 aromatic rings. The van der Waals surface area contributed by atoms with E-state index in [0.29, 0.717) is 19.7 Å². The lowest BCUT2D eigenvalue weighted by Crippen LogP contribution is -2.43. The number of rotatable bonds is 5. The molecule has 0 aliphatic carbocycles. The van der Waals surface area contributed by atoms with Gasteiger partial charge in [-0.3, -0.25) is 4.79 Å². The Bertz CT molecular complexity index is 425. The van der Waals surface area contributed by atoms with E-state index in [-0.39, 0.29) is 17.6 Å². The summed E-state index contributed by atoms with van der Waals surface area (Å²) in [6.07, 6.45) is 1.75. The van der Waals surface area contributed by atoms with Gasteiger partial charge in [-0.2, -0.15) is 0 Å². The van der Waals surface area contributed by atoms with Gasteiger partial charge in [-0.05, 0) is 47.1 Å². The van der Waals surface area contributed by atoms with E-state index >= 15 is 0 Å². The van der Waals surface area contributed by atoms with Crippen molar-refractivity contribution in [2.24, 2.45) is 5.92 Å². The number of ether oxygens (including phenoxy) is 1. The average Bonchev–Trinajstić information content (AvgIpc) is 2.36. The molecule has 1 rings (SSSR count). The molecule has 0 aromatic heterocycles. The van der Waals surface area contributed by atoms with Gasteiger partial charge in [-0.25, -0.2) is 8.42 Å². The second kappa shape index (κ2) is 6.89. The van der Waals surface area contributed by atoms with E-state index in [1.54, 1.807) is 27.7 Å². The Hall–Kier alpha value is -0.620. The summed E-state index contributed by atoms with van der Waals surface area (Å²) in [5.41, 5.74) is 0. The molecule has 0 bridgehead atoms. The molecular formula is C14H27NO4S. The predicted octanol–water partition coefficient (Wildman–Crippen LogP) is 1.47. The molecule has 5 nitrogen and oxygen atoms in total. The van der Waals surface area contributed by atoms with E-state index in [1.807, 2.05) is 0 Å². The third-order valence-corrected chi connectivity index (χ3v) is 6.32. The highest BCUT2D eigenvalue weighted by atomic mass is 32.2. The standard InChI is InChI=1S/C14H27NO4S/c1-5-19-13(16)12-7-6-8-15(11-12)9-10-20(17,18)14(2,3)4/h12H,5-11H2,1-4H3/t12-/m0/s1. The topological polar surface area (TPSA) is 63.7 Å². The van der Waals surface area contributed by atoms with Gasteiger partial charge in [-0.15, -0.1) is 0 Å². The van der Waals surface area contributed by atoms with Gasteiger partial charge in [0.1, 0.15) is 0 Å². The third kappa shape index (κ3) is 4.74. The zero-order chi connectivity index (χ0) is 15.4. The Labute approximate surface area is 122 Å². The van der Waals surface area contributed by atoms with Gasteiger partial charge < -0.3 is 9.64 Å². The van der Waals surface area contributed by atoms with Crippen LogP contribution >= 0.6 is 0 Å². The molecule has 0 spiro atoms. The number of likely N-dealkylation sites (tertiary alicyclic amines) is 1. The summed E-state index contributed by atoms with van der Waals surface area (Å²) in [5.74, 6) is -0.122. The highest BCUT2D eigenvalue weighted by Gasteiger charge is 2.31. The molecule has 1 aliphatic rings. The predicted molar refractivity (Wildman–Crippen MR) is 79.3 cm³/mol. The van der Waals surface area contributed by atoms with Gasteiger partial charge in [-0.1, -0.05) is 0 Å². The normalized spacial score (nSPS) is 21.7. The van der Waals surface area contributed by atoms with E-state index in [4.69, 9.17) is 4.74 Å². The largest absolute Gasteiger partial charge is 0.466 e. The number of esters is 1. The SMILES string of the molecule is CCOC(=O)[C@H]1CCCN(CCS(=O)(=O)C(C)(C)C)C1. The Morgan fingerprint density at radius 2 is 2.00 bits per heavy atom. The summed E-state index contributed by atoms with van der Waals surface area (Å²) in [6.45, 7) is 9.32. The van der Waals surface area contributed by atoms with Crippen LogP contribution in [0.25, 0.3) is 0 Å². The van der Waals surface area contributed by atoms with Crippen LogP contribution in [0.3, 0.4) is 0 Å². The van der Waals surface area contributed by atoms with Gasteiger partial charge in [0.05, 0.1) is 23.0 Å². The Kier molecular flexibility index (Phi) is 6.01. The van der Waals surface area contributed by atoms with Gasteiger partial charge in [0.25, 0.3) is 0 Å². The van der Waals surface area contributed by atoms with Crippen molar-refractivity contribution < 1.29 is 17.9 Å². The molecule has 0 N–H and O–H groups in total. The van der Waals surface area contributed by atoms with Crippen molar-refractivity contribution >= 4 is 15.8 Å². The first-order chi connectivity index (χ1) is 9.17. The molecule has 0 unspecified atom stereocenters. The van der Waals surface area contributed by atoms with Crippen molar-refractivity contribution in [1.82, 2.24) is 4.90 Å². The minimum Gasteiger partial charge on any atom is -0.466 e. The zero-order valence-electron chi connectivity index (χ0n) is 13.0. The summed E-state index contributed by atoms with van der Waals surface area (Å²) < 4.78 is 28.5. The Morgan fingerprint density at radius 3 is 2.55 bits per heavy atom. The van der Waals surface area contributed by atoms with Crippen molar-refractivity contribution in [1.29, 1.82) is 0 Å². The summed E-state index contributed by atoms with van der Waals surface area (Å²) >= 11 is 0. The lowest BCUT2D eigenvalue weighted by molar-refractivity contribution is -0.149. The number of hydrogen-bond donors (Lipinski definition) is 0. The van der Waals surface area contributed by atoms with Crippen molar-refractivity contribution in [3.05, 3.63) is 0 Å². The fraction of sp³-hybridized carbons (Fsp3) is 0.929. The number of sulfone groups is 1. The maximum Gasteiger partial charge on any atom is 0.310 e. The molecular weight excluding hydrogens is 278 g/mol. The number of carbonyl (C=O) groups is 1. The quantitative estimate of drug-likeness (QED) is 0.720. The number of piperidine rings is 1. The maximum absolute atomic E-state index is 12.1. The van der Waals surface area contributed by atoms with Gasteiger partial charge in [0.15, 0.2) is 9.84 Å². The van der Waals surface area contributed by atoms with Crippen LogP contribution in [0.2, 0.25) is 0 Å². The van der Waals surface area contributed by atoms with Crippen molar-refractivity contribution in [3.8, 4) is 0 Å². The smallest absolute Gasteiger partial charge is 0.310 e. The van der Waals surface area contributed by atoms with Crippen molar-refractivity contribution in [2.75, 3.05) is 32.0 Å².